The van der Waals surface area contributed by atoms with E-state index in [1.54, 1.807) is 13.2 Å². The Morgan fingerprint density at radius 3 is 2.80 bits per heavy atom. The summed E-state index contributed by atoms with van der Waals surface area (Å²) in [5.41, 5.74) is 8.07. The maximum absolute atomic E-state index is 13.7. The average Bonchev–Trinajstić information content (AvgIpc) is 3.19. The molecule has 0 aliphatic rings. The van der Waals surface area contributed by atoms with Gasteiger partial charge in [-0.05, 0) is 36.5 Å². The van der Waals surface area contributed by atoms with Crippen LogP contribution in [0, 0.1) is 5.82 Å². The highest BCUT2D eigenvalue weighted by Gasteiger charge is 2.15. The van der Waals surface area contributed by atoms with Crippen LogP contribution in [0.15, 0.2) is 54.2 Å². The molecule has 0 amide bonds. The fourth-order valence-corrected chi connectivity index (χ4v) is 3.67. The summed E-state index contributed by atoms with van der Waals surface area (Å²) in [6.45, 7) is 9.74. The first-order valence-corrected chi connectivity index (χ1v) is 10.0. The largest absolute Gasteiger partial charge is 0.456 e. The molecule has 3 aromatic rings. The van der Waals surface area contributed by atoms with Gasteiger partial charge in [-0.1, -0.05) is 12.6 Å². The number of pyridine rings is 1. The average molecular weight is 427 g/mol. The monoisotopic (exact) mass is 426 g/mol. The molecule has 8 heteroatoms. The van der Waals surface area contributed by atoms with E-state index < -0.39 is 5.82 Å². The number of ether oxygens (including phenoxy) is 2. The molecule has 2 aromatic heterocycles. The van der Waals surface area contributed by atoms with Crippen LogP contribution in [0.5, 0.6) is 5.75 Å². The van der Waals surface area contributed by atoms with Crippen molar-refractivity contribution in [1.82, 2.24) is 10.3 Å². The second-order valence-corrected chi connectivity index (χ2v) is 7.47. The third-order valence-corrected chi connectivity index (χ3v) is 5.43. The second-order valence-electron chi connectivity index (χ2n) is 6.41. The van der Waals surface area contributed by atoms with E-state index >= 15 is 0 Å². The van der Waals surface area contributed by atoms with Crippen LogP contribution in [0.25, 0.3) is 16.3 Å². The first-order valence-electron chi connectivity index (χ1n) is 9.19. The molecule has 6 nitrogen and oxygen atoms in total. The summed E-state index contributed by atoms with van der Waals surface area (Å²) in [5, 5.41) is 3.28. The third-order valence-electron chi connectivity index (χ3n) is 4.24. The zero-order chi connectivity index (χ0) is 21.5. The number of hydrogen-bond acceptors (Lipinski definition) is 7. The van der Waals surface area contributed by atoms with Gasteiger partial charge in [0, 0.05) is 32.5 Å². The zero-order valence-corrected chi connectivity index (χ0v) is 17.5. The van der Waals surface area contributed by atoms with Crippen molar-refractivity contribution in [2.75, 3.05) is 26.0 Å². The molecular formula is C22H23FN4O2S. The standard InChI is InChI=1S/C22H23FN4O2S/c1-14(29-16-5-6-18(24)17(23)10-16)22-20(25-2)11-21(30-22)19-7-4-15(13-27-19)12-26-8-9-28-3/h4-7,10-11,13,26H,1-2,8-9,12,24H2,3H3. The topological polar surface area (TPSA) is 81.8 Å². The van der Waals surface area contributed by atoms with Crippen molar-refractivity contribution in [3.05, 3.63) is 65.4 Å². The molecule has 0 saturated heterocycles. The number of halogens is 1. The SMILES string of the molecule is C=Nc1cc(-c2ccc(CNCCOC)cn2)sc1C(=C)Oc1ccc(N)c(F)c1. The molecule has 1 aromatic carbocycles. The number of nitrogens with one attached hydrogen (secondary N) is 1. The molecule has 0 bridgehead atoms. The van der Waals surface area contributed by atoms with Gasteiger partial charge in [0.05, 0.1) is 33.4 Å². The molecule has 0 saturated carbocycles. The van der Waals surface area contributed by atoms with E-state index in [9.17, 15) is 4.39 Å². The molecule has 0 spiro atoms. The summed E-state index contributed by atoms with van der Waals surface area (Å²) < 4.78 is 24.4. The summed E-state index contributed by atoms with van der Waals surface area (Å²) in [5.74, 6) is 0.104. The van der Waals surface area contributed by atoms with Crippen LogP contribution in [0.2, 0.25) is 0 Å². The number of nitrogens with zero attached hydrogens (tertiary/aromatic N) is 2. The van der Waals surface area contributed by atoms with Crippen LogP contribution >= 0.6 is 11.3 Å². The molecule has 156 valence electrons. The number of nitrogen functional groups attached to an aromatic ring is 1. The van der Waals surface area contributed by atoms with Crippen LogP contribution in [-0.2, 0) is 11.3 Å². The number of rotatable bonds is 10. The Morgan fingerprint density at radius 1 is 1.30 bits per heavy atom. The van der Waals surface area contributed by atoms with Crippen LogP contribution in [-0.4, -0.2) is 32.0 Å². The number of anilines is 1. The Morgan fingerprint density at radius 2 is 2.13 bits per heavy atom. The fraction of sp³-hybridized carbons (Fsp3) is 0.182. The van der Waals surface area contributed by atoms with E-state index in [4.69, 9.17) is 15.2 Å². The maximum atomic E-state index is 13.7. The number of thiophene rings is 1. The fourth-order valence-electron chi connectivity index (χ4n) is 2.67. The molecule has 0 aliphatic carbocycles. The molecule has 0 fully saturated rings. The molecule has 0 radical (unpaired) electrons. The Labute approximate surface area is 178 Å². The molecule has 0 unspecified atom stereocenters. The maximum Gasteiger partial charge on any atom is 0.149 e. The number of aromatic nitrogens is 1. The lowest BCUT2D eigenvalue weighted by Crippen LogP contribution is -2.18. The Balaban J connectivity index is 1.74. The smallest absolute Gasteiger partial charge is 0.149 e. The zero-order valence-electron chi connectivity index (χ0n) is 16.7. The van der Waals surface area contributed by atoms with Crippen molar-refractivity contribution in [3.8, 4) is 16.3 Å². The van der Waals surface area contributed by atoms with Crippen molar-refractivity contribution in [3.63, 3.8) is 0 Å². The van der Waals surface area contributed by atoms with Crippen molar-refractivity contribution < 1.29 is 13.9 Å². The summed E-state index contributed by atoms with van der Waals surface area (Å²) in [6, 6.07) is 10.1. The van der Waals surface area contributed by atoms with Crippen molar-refractivity contribution in [2.45, 2.75) is 6.54 Å². The molecule has 0 atom stereocenters. The van der Waals surface area contributed by atoms with E-state index in [1.165, 1.54) is 23.5 Å². The van der Waals surface area contributed by atoms with Gasteiger partial charge in [0.1, 0.15) is 17.3 Å². The van der Waals surface area contributed by atoms with E-state index in [2.05, 4.69) is 28.6 Å². The summed E-state index contributed by atoms with van der Waals surface area (Å²) in [7, 11) is 1.67. The van der Waals surface area contributed by atoms with Crippen molar-refractivity contribution in [2.24, 2.45) is 4.99 Å². The highest BCUT2D eigenvalue weighted by Crippen LogP contribution is 2.40. The van der Waals surface area contributed by atoms with Gasteiger partial charge < -0.3 is 20.5 Å². The van der Waals surface area contributed by atoms with Gasteiger partial charge in [-0.15, -0.1) is 11.3 Å². The lowest BCUT2D eigenvalue weighted by atomic mass is 10.2. The number of hydrogen-bond donors (Lipinski definition) is 2. The van der Waals surface area contributed by atoms with Crippen LogP contribution in [0.4, 0.5) is 15.8 Å². The normalized spacial score (nSPS) is 10.7. The quantitative estimate of drug-likeness (QED) is 0.213. The van der Waals surface area contributed by atoms with Gasteiger partial charge in [-0.2, -0.15) is 0 Å². The van der Waals surface area contributed by atoms with Gasteiger partial charge >= 0.3 is 0 Å². The molecule has 30 heavy (non-hydrogen) atoms. The first kappa shape index (κ1) is 21.6. The summed E-state index contributed by atoms with van der Waals surface area (Å²) in [6.07, 6.45) is 1.83. The van der Waals surface area contributed by atoms with Gasteiger partial charge in [0.2, 0.25) is 0 Å². The van der Waals surface area contributed by atoms with Gasteiger partial charge in [0.15, 0.2) is 0 Å². The molecule has 2 heterocycles. The number of benzene rings is 1. The van der Waals surface area contributed by atoms with Crippen molar-refractivity contribution >= 4 is 35.2 Å². The first-order chi connectivity index (χ1) is 14.5. The van der Waals surface area contributed by atoms with Crippen molar-refractivity contribution in [1.29, 1.82) is 0 Å². The number of aliphatic imine (C=N–C) groups is 1. The van der Waals surface area contributed by atoms with E-state index in [1.807, 2.05) is 24.4 Å². The van der Waals surface area contributed by atoms with E-state index in [0.717, 1.165) is 22.7 Å². The Bertz CT molecular complexity index is 1030. The molecule has 3 N–H and O–H groups in total. The lowest BCUT2D eigenvalue weighted by molar-refractivity contribution is 0.199. The highest BCUT2D eigenvalue weighted by molar-refractivity contribution is 7.17. The minimum atomic E-state index is -0.546. The minimum Gasteiger partial charge on any atom is -0.456 e. The molecular weight excluding hydrogens is 403 g/mol. The van der Waals surface area contributed by atoms with E-state index in [-0.39, 0.29) is 5.69 Å². The predicted octanol–water partition coefficient (Wildman–Crippen LogP) is 4.65. The lowest BCUT2D eigenvalue weighted by Gasteiger charge is -2.08. The summed E-state index contributed by atoms with van der Waals surface area (Å²) in [4.78, 5) is 10.2. The Hall–Kier alpha value is -3.07. The van der Waals surface area contributed by atoms with Gasteiger partial charge in [-0.25, -0.2) is 4.39 Å². The minimum absolute atomic E-state index is 0.0586. The molecule has 3 rings (SSSR count). The summed E-state index contributed by atoms with van der Waals surface area (Å²) >= 11 is 1.43. The van der Waals surface area contributed by atoms with E-state index in [0.29, 0.717) is 35.2 Å². The number of methoxy groups -OCH3 is 1. The third kappa shape index (κ3) is 5.29. The predicted molar refractivity (Wildman–Crippen MR) is 121 cm³/mol. The Kier molecular flexibility index (Phi) is 7.29. The van der Waals surface area contributed by atoms with Crippen LogP contribution in [0.3, 0.4) is 0 Å². The van der Waals surface area contributed by atoms with Crippen LogP contribution < -0.4 is 15.8 Å². The van der Waals surface area contributed by atoms with Crippen LogP contribution in [0.1, 0.15) is 10.4 Å². The van der Waals surface area contributed by atoms with Gasteiger partial charge in [-0.3, -0.25) is 9.98 Å². The van der Waals surface area contributed by atoms with Gasteiger partial charge in [0.25, 0.3) is 0 Å². The highest BCUT2D eigenvalue weighted by atomic mass is 32.1. The molecule has 0 aliphatic heterocycles. The number of nitrogens with two attached hydrogens (primary N) is 1. The second kappa shape index (κ2) is 10.1.